The normalized spacial score (nSPS) is 15.3. The van der Waals surface area contributed by atoms with Gasteiger partial charge in [-0.1, -0.05) is 0 Å². The number of ether oxygens (including phenoxy) is 1. The fourth-order valence-corrected chi connectivity index (χ4v) is 2.00. The number of carboxylic acid groups (broad SMARTS) is 2. The van der Waals surface area contributed by atoms with Crippen LogP contribution in [0.15, 0.2) is 0 Å². The molecule has 2 unspecified atom stereocenters. The smallest absolute Gasteiger partial charge is 0.321 e. The topological polar surface area (TPSA) is 95.9 Å². The first-order valence-corrected chi connectivity index (χ1v) is 7.12. The van der Waals surface area contributed by atoms with Crippen LogP contribution in [0.3, 0.4) is 0 Å². The van der Waals surface area contributed by atoms with Crippen LogP contribution in [0.5, 0.6) is 0 Å². The first-order chi connectivity index (χ1) is 8.11. The van der Waals surface area contributed by atoms with Crippen LogP contribution < -0.4 is 5.32 Å². The third-order valence-corrected chi connectivity index (χ3v) is 3.16. The summed E-state index contributed by atoms with van der Waals surface area (Å²) in [6, 6.07) is -1.03. The van der Waals surface area contributed by atoms with Crippen molar-refractivity contribution >= 4 is 22.2 Å². The van der Waals surface area contributed by atoms with Gasteiger partial charge in [0.15, 0.2) is 0 Å². The summed E-state index contributed by atoms with van der Waals surface area (Å²) in [5.74, 6) is -2.25. The lowest BCUT2D eigenvalue weighted by Gasteiger charge is -2.23. The largest absolute Gasteiger partial charge is 0.481 e. The van der Waals surface area contributed by atoms with Gasteiger partial charge >= 0.3 is 11.9 Å². The summed E-state index contributed by atoms with van der Waals surface area (Å²) in [6.07, 6.45) is 0.279. The van der Waals surface area contributed by atoms with Crippen molar-refractivity contribution in [3.63, 3.8) is 0 Å². The van der Waals surface area contributed by atoms with Gasteiger partial charge in [-0.05, 0) is 32.9 Å². The molecule has 18 heavy (non-hydrogen) atoms. The summed E-state index contributed by atoms with van der Waals surface area (Å²) < 4.78 is 5.54. The third kappa shape index (κ3) is 9.14. The maximum absolute atomic E-state index is 10.9. The van der Waals surface area contributed by atoms with Gasteiger partial charge in [-0.15, -0.1) is 0 Å². The van der Waals surface area contributed by atoms with Gasteiger partial charge in [-0.2, -0.15) is 0 Å². The van der Waals surface area contributed by atoms with Gasteiger partial charge in [0, 0.05) is 16.8 Å². The summed E-state index contributed by atoms with van der Waals surface area (Å²) in [4.78, 5) is 21.4. The molecule has 2 atom stereocenters. The highest BCUT2D eigenvalue weighted by atomic mass is 28.1. The molecule has 0 spiro atoms. The van der Waals surface area contributed by atoms with Gasteiger partial charge in [0.25, 0.3) is 0 Å². The molecule has 6 nitrogen and oxygen atoms in total. The molecule has 0 aromatic carbocycles. The molecule has 0 saturated carbocycles. The molecular weight excluding hydrogens is 254 g/mol. The molecule has 0 bridgehead atoms. The molecule has 0 aliphatic heterocycles. The van der Waals surface area contributed by atoms with E-state index in [9.17, 15) is 9.59 Å². The maximum Gasteiger partial charge on any atom is 0.321 e. The predicted molar refractivity (Wildman–Crippen MR) is 70.9 cm³/mol. The van der Waals surface area contributed by atoms with Crippen molar-refractivity contribution in [2.45, 2.75) is 50.9 Å². The van der Waals surface area contributed by atoms with E-state index in [0.29, 0.717) is 13.0 Å². The number of carbonyl (C=O) groups is 2. The maximum atomic E-state index is 10.9. The second-order valence-electron chi connectivity index (χ2n) is 5.31. The first-order valence-electron chi connectivity index (χ1n) is 5.96. The van der Waals surface area contributed by atoms with E-state index in [2.05, 4.69) is 5.32 Å². The van der Waals surface area contributed by atoms with E-state index in [1.54, 1.807) is 0 Å². The minimum absolute atomic E-state index is 0.0211. The van der Waals surface area contributed by atoms with Crippen LogP contribution in [0.25, 0.3) is 0 Å². The number of hydrogen-bond acceptors (Lipinski definition) is 4. The lowest BCUT2D eigenvalue weighted by Crippen LogP contribution is -2.45. The van der Waals surface area contributed by atoms with Crippen molar-refractivity contribution in [1.29, 1.82) is 0 Å². The third-order valence-electron chi connectivity index (χ3n) is 2.25. The molecule has 0 aromatic heterocycles. The van der Waals surface area contributed by atoms with Crippen molar-refractivity contribution in [1.82, 2.24) is 5.32 Å². The quantitative estimate of drug-likeness (QED) is 0.513. The van der Waals surface area contributed by atoms with Crippen LogP contribution in [0, 0.1) is 0 Å². The summed E-state index contributed by atoms with van der Waals surface area (Å²) >= 11 is 0. The van der Waals surface area contributed by atoms with Gasteiger partial charge in [0.2, 0.25) is 0 Å². The fourth-order valence-electron chi connectivity index (χ4n) is 1.36. The molecule has 0 aliphatic rings. The second-order valence-corrected chi connectivity index (χ2v) is 6.70. The second kappa shape index (κ2) is 7.50. The highest BCUT2D eigenvalue weighted by Crippen LogP contribution is 2.07. The summed E-state index contributed by atoms with van der Waals surface area (Å²) in [7, 11) is 0.737. The Bertz CT molecular complexity index is 290. The highest BCUT2D eigenvalue weighted by molar-refractivity contribution is 6.11. The van der Waals surface area contributed by atoms with E-state index in [1.807, 2.05) is 20.8 Å². The Balaban J connectivity index is 4.06. The average molecular weight is 277 g/mol. The van der Waals surface area contributed by atoms with Crippen LogP contribution in [0.4, 0.5) is 0 Å². The van der Waals surface area contributed by atoms with Crippen LogP contribution in [-0.4, -0.2) is 56.3 Å². The molecule has 106 valence electrons. The van der Waals surface area contributed by atoms with Crippen molar-refractivity contribution in [3.8, 4) is 0 Å². The molecule has 0 amide bonds. The Morgan fingerprint density at radius 2 is 1.89 bits per heavy atom. The molecule has 0 aliphatic carbocycles. The number of rotatable bonds is 8. The average Bonchev–Trinajstić information content (AvgIpc) is 2.13. The standard InChI is InChI=1S/C11H23NO5Si/c1-11(2,3)17-5-4-8(18)12-7(10(15)16)6-9(13)14/h7-8,12H,4-6H2,1-3,18H3,(H,13,14)(H,15,16). The molecule has 0 radical (unpaired) electrons. The van der Waals surface area contributed by atoms with Crippen LogP contribution in [0.1, 0.15) is 33.6 Å². The van der Waals surface area contributed by atoms with E-state index in [0.717, 1.165) is 10.2 Å². The van der Waals surface area contributed by atoms with Gasteiger partial charge < -0.3 is 20.3 Å². The van der Waals surface area contributed by atoms with Gasteiger partial charge in [0.1, 0.15) is 6.04 Å². The van der Waals surface area contributed by atoms with Crippen LogP contribution in [-0.2, 0) is 14.3 Å². The van der Waals surface area contributed by atoms with E-state index >= 15 is 0 Å². The predicted octanol–water partition coefficient (Wildman–Crippen LogP) is -0.599. The Kier molecular flexibility index (Phi) is 7.11. The fraction of sp³-hybridized carbons (Fsp3) is 0.818. The number of carboxylic acids is 2. The van der Waals surface area contributed by atoms with Crippen molar-refractivity contribution in [2.24, 2.45) is 0 Å². The van der Waals surface area contributed by atoms with Crippen molar-refractivity contribution in [2.75, 3.05) is 6.61 Å². The molecule has 3 N–H and O–H groups in total. The van der Waals surface area contributed by atoms with E-state index in [1.165, 1.54) is 0 Å². The number of hydrogen-bond donors (Lipinski definition) is 3. The van der Waals surface area contributed by atoms with Gasteiger partial charge in [0.05, 0.1) is 12.0 Å². The molecule has 0 heterocycles. The molecule has 7 heteroatoms. The van der Waals surface area contributed by atoms with Crippen LogP contribution in [0.2, 0.25) is 0 Å². The zero-order valence-corrected chi connectivity index (χ0v) is 13.4. The monoisotopic (exact) mass is 277 g/mol. The van der Waals surface area contributed by atoms with Gasteiger partial charge in [-0.3, -0.25) is 9.59 Å². The SMILES string of the molecule is CC(C)(C)OCCC([SiH3])NC(CC(=O)O)C(=O)O. The summed E-state index contributed by atoms with van der Waals surface area (Å²) in [6.45, 7) is 6.39. The summed E-state index contributed by atoms with van der Waals surface area (Å²) in [5.41, 5.74) is -0.193. The zero-order chi connectivity index (χ0) is 14.3. The van der Waals surface area contributed by atoms with Crippen molar-refractivity contribution in [3.05, 3.63) is 0 Å². The van der Waals surface area contributed by atoms with E-state index in [4.69, 9.17) is 14.9 Å². The molecule has 0 saturated heterocycles. The summed E-state index contributed by atoms with van der Waals surface area (Å²) in [5, 5.41) is 20.3. The Labute approximate surface area is 110 Å². The first kappa shape index (κ1) is 17.1. The number of aliphatic carboxylic acids is 2. The molecular formula is C11H23NO5Si. The van der Waals surface area contributed by atoms with E-state index in [-0.39, 0.29) is 11.3 Å². The Hall–Kier alpha value is -0.923. The Morgan fingerprint density at radius 3 is 2.28 bits per heavy atom. The van der Waals surface area contributed by atoms with Crippen molar-refractivity contribution < 1.29 is 24.5 Å². The van der Waals surface area contributed by atoms with E-state index < -0.39 is 24.4 Å². The Morgan fingerprint density at radius 1 is 1.33 bits per heavy atom. The minimum Gasteiger partial charge on any atom is -0.481 e. The lowest BCUT2D eigenvalue weighted by atomic mass is 10.2. The molecule has 0 rings (SSSR count). The number of nitrogens with one attached hydrogen (secondary N) is 1. The highest BCUT2D eigenvalue weighted by Gasteiger charge is 2.22. The van der Waals surface area contributed by atoms with Crippen LogP contribution >= 0.6 is 0 Å². The zero-order valence-electron chi connectivity index (χ0n) is 11.4. The van der Waals surface area contributed by atoms with Gasteiger partial charge in [-0.25, -0.2) is 0 Å². The molecule has 0 aromatic rings. The minimum atomic E-state index is -1.13. The molecule has 0 fully saturated rings. The lowest BCUT2D eigenvalue weighted by molar-refractivity contribution is -0.146.